The zero-order chi connectivity index (χ0) is 19.2. The van der Waals surface area contributed by atoms with Crippen molar-refractivity contribution in [2.24, 2.45) is 0 Å². The van der Waals surface area contributed by atoms with Crippen LogP contribution in [-0.4, -0.2) is 34.6 Å². The van der Waals surface area contributed by atoms with Crippen LogP contribution in [0.4, 0.5) is 9.93 Å². The fraction of sp³-hybridized carbons (Fsp3) is 0.333. The highest BCUT2D eigenvalue weighted by Crippen LogP contribution is 2.33. The lowest BCUT2D eigenvalue weighted by molar-refractivity contribution is 0.252. The number of amides is 2. The molecule has 0 bridgehead atoms. The summed E-state index contributed by atoms with van der Waals surface area (Å²) in [4.78, 5) is 27.3. The van der Waals surface area contributed by atoms with Crippen LogP contribution in [0.1, 0.15) is 22.5 Å². The predicted molar refractivity (Wildman–Crippen MR) is 109 cm³/mol. The summed E-state index contributed by atoms with van der Waals surface area (Å²) in [5.41, 5.74) is 1.74. The zero-order valence-electron chi connectivity index (χ0n) is 15.4. The van der Waals surface area contributed by atoms with E-state index in [1.807, 2.05) is 19.2 Å². The van der Waals surface area contributed by atoms with E-state index in [-0.39, 0.29) is 6.03 Å². The van der Waals surface area contributed by atoms with Crippen LogP contribution in [0.2, 0.25) is 0 Å². The van der Waals surface area contributed by atoms with Crippen LogP contribution in [0.15, 0.2) is 24.7 Å². The van der Waals surface area contributed by atoms with Crippen LogP contribution in [0, 0.1) is 6.92 Å². The Kier molecular flexibility index (Phi) is 6.36. The number of methoxy groups -OCH3 is 1. The lowest BCUT2D eigenvalue weighted by atomic mass is 10.2. The first-order valence-corrected chi connectivity index (χ1v) is 10.2. The summed E-state index contributed by atoms with van der Waals surface area (Å²) in [5.74, 6) is 0.681. The van der Waals surface area contributed by atoms with Crippen molar-refractivity contribution in [3.8, 4) is 16.2 Å². The van der Waals surface area contributed by atoms with Gasteiger partial charge in [-0.05, 0) is 19.4 Å². The Bertz CT molecular complexity index is 922. The van der Waals surface area contributed by atoms with E-state index in [0.717, 1.165) is 34.0 Å². The number of ether oxygens (including phenoxy) is 1. The van der Waals surface area contributed by atoms with Crippen molar-refractivity contribution in [2.75, 3.05) is 19.0 Å². The van der Waals surface area contributed by atoms with E-state index in [1.54, 1.807) is 30.8 Å². The maximum Gasteiger partial charge on any atom is 0.321 e. The summed E-state index contributed by atoms with van der Waals surface area (Å²) in [6.07, 6.45) is 7.01. The monoisotopic (exact) mass is 403 g/mol. The van der Waals surface area contributed by atoms with Gasteiger partial charge in [0.25, 0.3) is 0 Å². The molecule has 3 heterocycles. The lowest BCUT2D eigenvalue weighted by Crippen LogP contribution is -2.30. The van der Waals surface area contributed by atoms with Gasteiger partial charge in [0.2, 0.25) is 0 Å². The third-order valence-electron chi connectivity index (χ3n) is 3.80. The summed E-state index contributed by atoms with van der Waals surface area (Å²) in [6, 6.07) is 1.63. The average Bonchev–Trinajstić information content (AvgIpc) is 3.28. The minimum Gasteiger partial charge on any atom is -0.495 e. The van der Waals surface area contributed by atoms with Crippen LogP contribution in [0.25, 0.3) is 10.4 Å². The summed E-state index contributed by atoms with van der Waals surface area (Å²) >= 11 is 3.09. The molecule has 3 aromatic heterocycles. The minimum atomic E-state index is -0.272. The smallest absolute Gasteiger partial charge is 0.321 e. The zero-order valence-corrected chi connectivity index (χ0v) is 17.0. The highest BCUT2D eigenvalue weighted by molar-refractivity contribution is 7.19. The Labute approximate surface area is 165 Å². The van der Waals surface area contributed by atoms with Crippen molar-refractivity contribution in [3.63, 3.8) is 0 Å². The van der Waals surface area contributed by atoms with Crippen molar-refractivity contribution >= 4 is 33.8 Å². The first kappa shape index (κ1) is 19.2. The topological polar surface area (TPSA) is 89.0 Å². The van der Waals surface area contributed by atoms with Gasteiger partial charge in [0.1, 0.15) is 5.75 Å². The van der Waals surface area contributed by atoms with E-state index in [4.69, 9.17) is 4.74 Å². The number of urea groups is 1. The second-order valence-corrected chi connectivity index (χ2v) is 7.95. The Morgan fingerprint density at radius 3 is 2.85 bits per heavy atom. The molecule has 142 valence electrons. The molecule has 0 spiro atoms. The summed E-state index contributed by atoms with van der Waals surface area (Å²) < 4.78 is 5.21. The molecule has 0 aromatic carbocycles. The van der Waals surface area contributed by atoms with E-state index in [0.29, 0.717) is 17.4 Å². The molecular weight excluding hydrogens is 382 g/mol. The number of anilines is 1. The van der Waals surface area contributed by atoms with Crippen molar-refractivity contribution in [3.05, 3.63) is 40.2 Å². The summed E-state index contributed by atoms with van der Waals surface area (Å²) in [6.45, 7) is 4.54. The maximum absolute atomic E-state index is 12.1. The van der Waals surface area contributed by atoms with Crippen LogP contribution in [0.3, 0.4) is 0 Å². The largest absolute Gasteiger partial charge is 0.495 e. The highest BCUT2D eigenvalue weighted by Gasteiger charge is 2.13. The van der Waals surface area contributed by atoms with Crippen LogP contribution in [-0.2, 0) is 12.8 Å². The van der Waals surface area contributed by atoms with Gasteiger partial charge in [-0.2, -0.15) is 0 Å². The van der Waals surface area contributed by atoms with Crippen LogP contribution < -0.4 is 15.4 Å². The van der Waals surface area contributed by atoms with Gasteiger partial charge in [0.05, 0.1) is 28.9 Å². The van der Waals surface area contributed by atoms with Gasteiger partial charge >= 0.3 is 6.03 Å². The number of aromatic nitrogens is 3. The van der Waals surface area contributed by atoms with Gasteiger partial charge in [0, 0.05) is 35.8 Å². The van der Waals surface area contributed by atoms with E-state index in [2.05, 4.69) is 32.5 Å². The number of carbonyl (C=O) groups excluding carboxylic acids is 1. The van der Waals surface area contributed by atoms with Crippen molar-refractivity contribution < 1.29 is 9.53 Å². The Hall–Kier alpha value is -2.52. The van der Waals surface area contributed by atoms with Crippen LogP contribution >= 0.6 is 22.7 Å². The summed E-state index contributed by atoms with van der Waals surface area (Å²) in [5, 5.41) is 7.22. The van der Waals surface area contributed by atoms with Crippen molar-refractivity contribution in [1.29, 1.82) is 0 Å². The maximum atomic E-state index is 12.1. The molecule has 3 rings (SSSR count). The van der Waals surface area contributed by atoms with Gasteiger partial charge < -0.3 is 10.1 Å². The normalized spacial score (nSPS) is 10.6. The second kappa shape index (κ2) is 8.92. The molecular formula is C18H21N5O2S2. The molecule has 0 aliphatic rings. The molecule has 0 aliphatic heterocycles. The quantitative estimate of drug-likeness (QED) is 0.624. The average molecular weight is 404 g/mol. The van der Waals surface area contributed by atoms with E-state index < -0.39 is 0 Å². The molecule has 0 unspecified atom stereocenters. The molecule has 3 aromatic rings. The number of carbonyl (C=O) groups is 1. The van der Waals surface area contributed by atoms with Gasteiger partial charge in [-0.15, -0.1) is 11.3 Å². The molecule has 7 nitrogen and oxygen atoms in total. The van der Waals surface area contributed by atoms with E-state index in [1.165, 1.54) is 16.2 Å². The number of hydrogen-bond donors (Lipinski definition) is 2. The molecule has 2 N–H and O–H groups in total. The Morgan fingerprint density at radius 2 is 2.11 bits per heavy atom. The Balaban J connectivity index is 1.56. The number of thiazole rings is 2. The van der Waals surface area contributed by atoms with Gasteiger partial charge in [-0.3, -0.25) is 10.3 Å². The van der Waals surface area contributed by atoms with Gasteiger partial charge in [-0.25, -0.2) is 14.8 Å². The van der Waals surface area contributed by atoms with Gasteiger partial charge in [-0.1, -0.05) is 18.3 Å². The minimum absolute atomic E-state index is 0.272. The molecule has 0 radical (unpaired) electrons. The molecule has 0 fully saturated rings. The molecule has 2 amide bonds. The predicted octanol–water partition coefficient (Wildman–Crippen LogP) is 3.91. The number of hydrogen-bond acceptors (Lipinski definition) is 7. The third-order valence-corrected chi connectivity index (χ3v) is 6.13. The number of nitrogens with one attached hydrogen (secondary N) is 2. The van der Waals surface area contributed by atoms with Gasteiger partial charge in [0.15, 0.2) is 5.13 Å². The lowest BCUT2D eigenvalue weighted by Gasteiger charge is -2.04. The highest BCUT2D eigenvalue weighted by atomic mass is 32.1. The van der Waals surface area contributed by atoms with Crippen molar-refractivity contribution in [1.82, 2.24) is 20.3 Å². The molecule has 0 saturated heterocycles. The van der Waals surface area contributed by atoms with E-state index >= 15 is 0 Å². The molecule has 0 aliphatic carbocycles. The molecule has 0 saturated carbocycles. The standard InChI is InChI=1S/C18H21N5O2S2/c1-4-14-10-21-15(26-14)5-6-20-17(24)23-18-22-11(2)16(27-18)12-7-13(25-3)9-19-8-12/h7-10H,4-6H2,1-3H3,(H2,20,22,23,24). The van der Waals surface area contributed by atoms with Crippen molar-refractivity contribution in [2.45, 2.75) is 26.7 Å². The number of nitrogens with zero attached hydrogens (tertiary/aromatic N) is 3. The first-order chi connectivity index (χ1) is 13.1. The number of pyridine rings is 1. The molecule has 27 heavy (non-hydrogen) atoms. The molecule has 0 atom stereocenters. The second-order valence-electron chi connectivity index (χ2n) is 5.75. The number of aryl methyl sites for hydroxylation is 2. The number of rotatable bonds is 7. The van der Waals surface area contributed by atoms with Crippen LogP contribution in [0.5, 0.6) is 5.75 Å². The van der Waals surface area contributed by atoms with E-state index in [9.17, 15) is 4.79 Å². The third kappa shape index (κ3) is 5.01. The fourth-order valence-corrected chi connectivity index (χ4v) is 4.23. The summed E-state index contributed by atoms with van der Waals surface area (Å²) in [7, 11) is 1.60. The fourth-order valence-electron chi connectivity index (χ4n) is 2.42. The molecule has 9 heteroatoms. The Morgan fingerprint density at radius 1 is 1.26 bits per heavy atom. The first-order valence-electron chi connectivity index (χ1n) is 8.54. The SMILES string of the molecule is CCc1cnc(CCNC(=O)Nc2nc(C)c(-c3cncc(OC)c3)s2)s1.